The Morgan fingerprint density at radius 3 is 2.50 bits per heavy atom. The van der Waals surface area contributed by atoms with Crippen LogP contribution in [0.2, 0.25) is 0 Å². The van der Waals surface area contributed by atoms with Crippen molar-refractivity contribution in [1.82, 2.24) is 0 Å². The Morgan fingerprint density at radius 2 is 1.93 bits per heavy atom. The molecule has 0 aliphatic carbocycles. The molecule has 1 N–H and O–H groups in total. The van der Waals surface area contributed by atoms with Crippen LogP contribution in [-0.2, 0) is 6.42 Å². The average molecular weight is 188 g/mol. The van der Waals surface area contributed by atoms with E-state index >= 15 is 0 Å². The minimum absolute atomic E-state index is 0.320. The maximum Gasteiger partial charge on any atom is 0.115 e. The maximum atomic E-state index is 9.10. The number of hydrogen-bond donors (Lipinski definition) is 1. The van der Waals surface area contributed by atoms with Crippen LogP contribution in [-0.4, -0.2) is 5.11 Å². The van der Waals surface area contributed by atoms with Gasteiger partial charge in [0.1, 0.15) is 5.75 Å². The first-order chi connectivity index (χ1) is 6.72. The molecule has 0 saturated heterocycles. The van der Waals surface area contributed by atoms with E-state index in [-0.39, 0.29) is 0 Å². The Morgan fingerprint density at radius 1 is 1.29 bits per heavy atom. The van der Waals surface area contributed by atoms with Crippen molar-refractivity contribution in [3.05, 3.63) is 29.8 Å². The Bertz CT molecular complexity index is 326. The summed E-state index contributed by atoms with van der Waals surface area (Å²) in [7, 11) is 0. The topological polar surface area (TPSA) is 20.2 Å². The second-order valence-electron chi connectivity index (χ2n) is 3.45. The van der Waals surface area contributed by atoms with Crippen LogP contribution >= 0.6 is 0 Å². The van der Waals surface area contributed by atoms with Gasteiger partial charge in [0.05, 0.1) is 0 Å². The summed E-state index contributed by atoms with van der Waals surface area (Å²) < 4.78 is 0. The van der Waals surface area contributed by atoms with Crippen LogP contribution in [0, 0.1) is 17.8 Å². The zero-order valence-electron chi connectivity index (χ0n) is 8.75. The lowest BCUT2D eigenvalue weighted by Gasteiger charge is -2.03. The smallest absolute Gasteiger partial charge is 0.115 e. The summed E-state index contributed by atoms with van der Waals surface area (Å²) in [6.45, 7) is 4.18. The highest BCUT2D eigenvalue weighted by Crippen LogP contribution is 2.12. The number of phenols is 1. The fraction of sp³-hybridized carbons (Fsp3) is 0.385. The molecule has 0 aromatic heterocycles. The molecule has 0 radical (unpaired) electrons. The van der Waals surface area contributed by atoms with Crippen molar-refractivity contribution in [3.63, 3.8) is 0 Å². The Hall–Kier alpha value is -1.42. The van der Waals surface area contributed by atoms with E-state index in [2.05, 4.69) is 25.7 Å². The highest BCUT2D eigenvalue weighted by molar-refractivity contribution is 5.26. The van der Waals surface area contributed by atoms with E-state index in [4.69, 9.17) is 5.11 Å². The third-order valence-corrected chi connectivity index (χ3v) is 2.00. The standard InChI is InChI=1S/C13H16O/c1-3-4-5-11(2)10-12-6-8-13(14)9-7-12/h6-9,11,14H,3,10H2,1-2H3. The molecule has 0 fully saturated rings. The van der Waals surface area contributed by atoms with Crippen LogP contribution in [0.15, 0.2) is 24.3 Å². The average Bonchev–Trinajstić information content (AvgIpc) is 2.18. The van der Waals surface area contributed by atoms with Gasteiger partial charge in [0.15, 0.2) is 0 Å². The van der Waals surface area contributed by atoms with Gasteiger partial charge < -0.3 is 5.11 Å². The second kappa shape index (κ2) is 5.34. The Balaban J connectivity index is 2.56. The molecule has 1 aromatic rings. The monoisotopic (exact) mass is 188 g/mol. The van der Waals surface area contributed by atoms with Crippen LogP contribution in [0.3, 0.4) is 0 Å². The normalized spacial score (nSPS) is 11.6. The molecule has 1 rings (SSSR count). The first kappa shape index (κ1) is 10.7. The van der Waals surface area contributed by atoms with Gasteiger partial charge in [0.25, 0.3) is 0 Å². The van der Waals surface area contributed by atoms with E-state index < -0.39 is 0 Å². The lowest BCUT2D eigenvalue weighted by molar-refractivity contribution is 0.475. The molecule has 0 aliphatic heterocycles. The molecule has 1 aromatic carbocycles. The maximum absolute atomic E-state index is 9.10. The molecule has 0 aliphatic rings. The largest absolute Gasteiger partial charge is 0.508 e. The van der Waals surface area contributed by atoms with Crippen LogP contribution < -0.4 is 0 Å². The first-order valence-corrected chi connectivity index (χ1v) is 4.98. The van der Waals surface area contributed by atoms with Gasteiger partial charge in [-0.25, -0.2) is 0 Å². The molecular formula is C13H16O. The van der Waals surface area contributed by atoms with Crippen molar-refractivity contribution in [1.29, 1.82) is 0 Å². The molecule has 1 nitrogen and oxygen atoms in total. The summed E-state index contributed by atoms with van der Waals surface area (Å²) in [5.41, 5.74) is 1.22. The van der Waals surface area contributed by atoms with Crippen LogP contribution in [0.25, 0.3) is 0 Å². The third kappa shape index (κ3) is 3.53. The van der Waals surface area contributed by atoms with Gasteiger partial charge in [0.2, 0.25) is 0 Å². The van der Waals surface area contributed by atoms with Crippen LogP contribution in [0.5, 0.6) is 5.75 Å². The molecule has 0 amide bonds. The molecule has 1 unspecified atom stereocenters. The summed E-state index contributed by atoms with van der Waals surface area (Å²) in [5.74, 6) is 6.97. The van der Waals surface area contributed by atoms with Gasteiger partial charge in [-0.2, -0.15) is 0 Å². The van der Waals surface area contributed by atoms with Crippen LogP contribution in [0.4, 0.5) is 0 Å². The van der Waals surface area contributed by atoms with Gasteiger partial charge in [-0.05, 0) is 24.1 Å². The zero-order chi connectivity index (χ0) is 10.4. The lowest BCUT2D eigenvalue weighted by Crippen LogP contribution is -1.95. The molecule has 0 heterocycles. The van der Waals surface area contributed by atoms with E-state index in [0.29, 0.717) is 11.7 Å². The molecule has 1 heteroatoms. The zero-order valence-corrected chi connectivity index (χ0v) is 8.75. The van der Waals surface area contributed by atoms with Gasteiger partial charge >= 0.3 is 0 Å². The minimum Gasteiger partial charge on any atom is -0.508 e. The highest BCUT2D eigenvalue weighted by atomic mass is 16.3. The lowest BCUT2D eigenvalue weighted by atomic mass is 10.0. The van der Waals surface area contributed by atoms with E-state index in [9.17, 15) is 0 Å². The van der Waals surface area contributed by atoms with Crippen molar-refractivity contribution in [2.24, 2.45) is 5.92 Å². The number of aromatic hydroxyl groups is 1. The number of benzene rings is 1. The molecule has 0 saturated carbocycles. The predicted molar refractivity (Wildman–Crippen MR) is 59.0 cm³/mol. The second-order valence-corrected chi connectivity index (χ2v) is 3.45. The summed E-state index contributed by atoms with van der Waals surface area (Å²) >= 11 is 0. The van der Waals surface area contributed by atoms with Crippen molar-refractivity contribution in [2.75, 3.05) is 0 Å². The number of rotatable bonds is 2. The van der Waals surface area contributed by atoms with E-state index in [1.807, 2.05) is 12.1 Å². The summed E-state index contributed by atoms with van der Waals surface area (Å²) in [4.78, 5) is 0. The Labute approximate surface area is 85.8 Å². The Kier molecular flexibility index (Phi) is 4.07. The molecule has 1 atom stereocenters. The number of phenolic OH excluding ortho intramolecular Hbond substituents is 1. The quantitative estimate of drug-likeness (QED) is 0.707. The molecule has 0 bridgehead atoms. The van der Waals surface area contributed by atoms with E-state index in [0.717, 1.165) is 12.8 Å². The summed E-state index contributed by atoms with van der Waals surface area (Å²) in [5, 5.41) is 9.10. The summed E-state index contributed by atoms with van der Waals surface area (Å²) in [6, 6.07) is 7.32. The third-order valence-electron chi connectivity index (χ3n) is 2.00. The van der Waals surface area contributed by atoms with Crippen LogP contribution in [0.1, 0.15) is 25.8 Å². The minimum atomic E-state index is 0.320. The van der Waals surface area contributed by atoms with Crippen molar-refractivity contribution < 1.29 is 5.11 Å². The molecule has 74 valence electrons. The summed E-state index contributed by atoms with van der Waals surface area (Å²) in [6.07, 6.45) is 1.87. The van der Waals surface area contributed by atoms with Gasteiger partial charge in [-0.3, -0.25) is 0 Å². The van der Waals surface area contributed by atoms with E-state index in [1.54, 1.807) is 12.1 Å². The number of hydrogen-bond acceptors (Lipinski definition) is 1. The first-order valence-electron chi connectivity index (χ1n) is 4.98. The predicted octanol–water partition coefficient (Wildman–Crippen LogP) is 2.98. The SMILES string of the molecule is CCC#CC(C)Cc1ccc(O)cc1. The van der Waals surface area contributed by atoms with Crippen molar-refractivity contribution in [3.8, 4) is 17.6 Å². The molecule has 0 spiro atoms. The van der Waals surface area contributed by atoms with Gasteiger partial charge in [-0.15, -0.1) is 5.92 Å². The fourth-order valence-electron chi connectivity index (χ4n) is 1.31. The highest BCUT2D eigenvalue weighted by Gasteiger charge is 1.99. The van der Waals surface area contributed by atoms with Gasteiger partial charge in [-0.1, -0.05) is 31.9 Å². The van der Waals surface area contributed by atoms with Crippen molar-refractivity contribution >= 4 is 0 Å². The molecular weight excluding hydrogens is 172 g/mol. The van der Waals surface area contributed by atoms with Crippen molar-refractivity contribution in [2.45, 2.75) is 26.7 Å². The molecule has 14 heavy (non-hydrogen) atoms. The van der Waals surface area contributed by atoms with E-state index in [1.165, 1.54) is 5.56 Å². The van der Waals surface area contributed by atoms with Gasteiger partial charge in [0, 0.05) is 12.3 Å². The fourth-order valence-corrected chi connectivity index (χ4v) is 1.31.